The zero-order valence-corrected chi connectivity index (χ0v) is 22.9. The Kier molecular flexibility index (Phi) is 14.8. The van der Waals surface area contributed by atoms with Gasteiger partial charge < -0.3 is 14.2 Å². The fraction of sp³-hybridized carbons (Fsp3) is 0.500. The van der Waals surface area contributed by atoms with Crippen molar-refractivity contribution in [1.82, 2.24) is 0 Å². The van der Waals surface area contributed by atoms with Crippen LogP contribution in [0.15, 0.2) is 54.6 Å². The molecule has 0 amide bonds. The fourth-order valence-electron chi connectivity index (χ4n) is 3.89. The molecule has 1 unspecified atom stereocenters. The minimum Gasteiger partial charge on any atom is -0.494 e. The van der Waals surface area contributed by atoms with Crippen LogP contribution >= 0.6 is 0 Å². The third-order valence-corrected chi connectivity index (χ3v) is 6.14. The summed E-state index contributed by atoms with van der Waals surface area (Å²) in [5.74, 6) is 0.356. The molecular formula is C32H44O5. The van der Waals surface area contributed by atoms with E-state index in [4.69, 9.17) is 14.2 Å². The second kappa shape index (κ2) is 18.2. The highest BCUT2D eigenvalue weighted by Crippen LogP contribution is 2.17. The van der Waals surface area contributed by atoms with Gasteiger partial charge in [0.1, 0.15) is 11.5 Å². The molecule has 5 nitrogen and oxygen atoms in total. The zero-order chi connectivity index (χ0) is 26.7. The molecule has 0 fully saturated rings. The Balaban J connectivity index is 1.71. The molecule has 2 rings (SSSR count). The molecule has 0 spiro atoms. The van der Waals surface area contributed by atoms with Gasteiger partial charge in [0, 0.05) is 6.08 Å². The van der Waals surface area contributed by atoms with Gasteiger partial charge in [-0.3, -0.25) is 0 Å². The molecular weight excluding hydrogens is 464 g/mol. The molecule has 2 aromatic carbocycles. The lowest BCUT2D eigenvalue weighted by Crippen LogP contribution is -2.15. The van der Waals surface area contributed by atoms with E-state index in [1.807, 2.05) is 31.2 Å². The highest BCUT2D eigenvalue weighted by atomic mass is 16.5. The number of benzene rings is 2. The maximum absolute atomic E-state index is 12.3. The first-order valence-corrected chi connectivity index (χ1v) is 14.0. The number of hydrogen-bond acceptors (Lipinski definition) is 5. The van der Waals surface area contributed by atoms with E-state index in [1.54, 1.807) is 30.3 Å². The summed E-state index contributed by atoms with van der Waals surface area (Å²) in [6, 6.07) is 14.1. The van der Waals surface area contributed by atoms with E-state index in [1.165, 1.54) is 51.0 Å². The summed E-state index contributed by atoms with van der Waals surface area (Å²) in [5, 5.41) is 0. The number of rotatable bonds is 18. The van der Waals surface area contributed by atoms with E-state index in [2.05, 4.69) is 13.8 Å². The Bertz CT molecular complexity index is 931. The smallest absolute Gasteiger partial charge is 0.338 e. The predicted molar refractivity (Wildman–Crippen MR) is 150 cm³/mol. The molecule has 0 aromatic heterocycles. The van der Waals surface area contributed by atoms with E-state index in [0.717, 1.165) is 43.6 Å². The van der Waals surface area contributed by atoms with Crippen LogP contribution in [0.25, 0.3) is 6.08 Å². The number of hydrogen-bond donors (Lipinski definition) is 0. The monoisotopic (exact) mass is 508 g/mol. The van der Waals surface area contributed by atoms with Gasteiger partial charge in [0.25, 0.3) is 0 Å². The Labute approximate surface area is 223 Å². The molecule has 0 aliphatic carbocycles. The fourth-order valence-corrected chi connectivity index (χ4v) is 3.89. The van der Waals surface area contributed by atoms with Crippen LogP contribution < -0.4 is 9.47 Å². The molecule has 0 radical (unpaired) electrons. The van der Waals surface area contributed by atoms with Crippen LogP contribution in [0, 0.1) is 0 Å². The quantitative estimate of drug-likeness (QED) is 0.0873. The third-order valence-electron chi connectivity index (χ3n) is 6.14. The molecule has 2 aromatic rings. The van der Waals surface area contributed by atoms with Gasteiger partial charge in [0.05, 0.1) is 18.3 Å². The number of unbranched alkanes of at least 4 members (excludes halogenated alkanes) is 8. The summed E-state index contributed by atoms with van der Waals surface area (Å²) < 4.78 is 16.7. The average molecular weight is 509 g/mol. The van der Waals surface area contributed by atoms with Crippen LogP contribution in [-0.4, -0.2) is 24.6 Å². The van der Waals surface area contributed by atoms with Crippen molar-refractivity contribution in [3.63, 3.8) is 0 Å². The van der Waals surface area contributed by atoms with Gasteiger partial charge in [-0.1, -0.05) is 77.3 Å². The largest absolute Gasteiger partial charge is 0.494 e. The van der Waals surface area contributed by atoms with Crippen molar-refractivity contribution in [2.24, 2.45) is 0 Å². The Morgan fingerprint density at radius 3 is 2.03 bits per heavy atom. The molecule has 0 bridgehead atoms. The van der Waals surface area contributed by atoms with Crippen LogP contribution in [0.2, 0.25) is 0 Å². The summed E-state index contributed by atoms with van der Waals surface area (Å²) in [4.78, 5) is 24.5. The van der Waals surface area contributed by atoms with Crippen LogP contribution in [0.4, 0.5) is 0 Å². The maximum atomic E-state index is 12.3. The lowest BCUT2D eigenvalue weighted by Gasteiger charge is -2.13. The molecule has 1 atom stereocenters. The van der Waals surface area contributed by atoms with Gasteiger partial charge >= 0.3 is 11.9 Å². The highest BCUT2D eigenvalue weighted by molar-refractivity contribution is 5.90. The molecule has 0 saturated heterocycles. The van der Waals surface area contributed by atoms with Crippen LogP contribution in [0.1, 0.15) is 107 Å². The number of carbonyl (C=O) groups is 2. The minimum absolute atomic E-state index is 0.118. The first kappa shape index (κ1) is 30.1. The van der Waals surface area contributed by atoms with Crippen molar-refractivity contribution in [3.05, 3.63) is 65.7 Å². The van der Waals surface area contributed by atoms with Crippen molar-refractivity contribution >= 4 is 18.0 Å². The summed E-state index contributed by atoms with van der Waals surface area (Å²) in [6.07, 6.45) is 15.9. The van der Waals surface area contributed by atoms with Gasteiger partial charge in [0.15, 0.2) is 0 Å². The summed E-state index contributed by atoms with van der Waals surface area (Å²) in [7, 11) is 0. The molecule has 5 heteroatoms. The number of ether oxygens (including phenoxy) is 3. The van der Waals surface area contributed by atoms with Gasteiger partial charge in [-0.15, -0.1) is 0 Å². The van der Waals surface area contributed by atoms with E-state index in [-0.39, 0.29) is 12.1 Å². The lowest BCUT2D eigenvalue weighted by atomic mass is 10.1. The molecule has 202 valence electrons. The van der Waals surface area contributed by atoms with Crippen molar-refractivity contribution in [3.8, 4) is 11.5 Å². The second-order valence-corrected chi connectivity index (χ2v) is 9.53. The molecule has 0 aliphatic rings. The van der Waals surface area contributed by atoms with E-state index in [9.17, 15) is 9.59 Å². The lowest BCUT2D eigenvalue weighted by molar-refractivity contribution is -0.128. The molecule has 0 N–H and O–H groups in total. The van der Waals surface area contributed by atoms with Crippen LogP contribution in [0.3, 0.4) is 0 Å². The van der Waals surface area contributed by atoms with Crippen LogP contribution in [0.5, 0.6) is 11.5 Å². The van der Waals surface area contributed by atoms with Crippen LogP contribution in [-0.2, 0) is 9.53 Å². The molecule has 0 saturated carbocycles. The Hall–Kier alpha value is -3.08. The predicted octanol–water partition coefficient (Wildman–Crippen LogP) is 8.56. The summed E-state index contributed by atoms with van der Waals surface area (Å²) in [6.45, 7) is 7.04. The van der Waals surface area contributed by atoms with Gasteiger partial charge in [0.2, 0.25) is 0 Å². The van der Waals surface area contributed by atoms with E-state index in [0.29, 0.717) is 11.3 Å². The number of esters is 2. The van der Waals surface area contributed by atoms with Crippen molar-refractivity contribution < 1.29 is 23.8 Å². The highest BCUT2D eigenvalue weighted by Gasteiger charge is 2.12. The zero-order valence-electron chi connectivity index (χ0n) is 22.9. The average Bonchev–Trinajstić information content (AvgIpc) is 2.90. The van der Waals surface area contributed by atoms with E-state index >= 15 is 0 Å². The summed E-state index contributed by atoms with van der Waals surface area (Å²) in [5.41, 5.74) is 1.32. The van der Waals surface area contributed by atoms with Crippen molar-refractivity contribution in [1.29, 1.82) is 0 Å². The standard InChI is InChI=1S/C32H44O5/c1-4-6-8-10-11-13-25-35-29-20-15-27(16-21-29)17-24-31(33)37-30-22-18-28(19-23-30)32(34)36-26(3)14-12-9-7-5-2/h15-24,26H,4-14,25H2,1-3H3/b24-17+. The topological polar surface area (TPSA) is 61.8 Å². The molecule has 37 heavy (non-hydrogen) atoms. The first-order valence-electron chi connectivity index (χ1n) is 14.0. The van der Waals surface area contributed by atoms with Crippen molar-refractivity contribution in [2.75, 3.05) is 6.61 Å². The minimum atomic E-state index is -0.487. The number of carbonyl (C=O) groups excluding carboxylic acids is 2. The third kappa shape index (κ3) is 13.2. The van der Waals surface area contributed by atoms with Gasteiger partial charge in [-0.2, -0.15) is 0 Å². The molecule has 0 heterocycles. The normalized spacial score (nSPS) is 11.9. The first-order chi connectivity index (χ1) is 18.0. The van der Waals surface area contributed by atoms with Gasteiger partial charge in [-0.25, -0.2) is 9.59 Å². The maximum Gasteiger partial charge on any atom is 0.338 e. The molecule has 0 aliphatic heterocycles. The van der Waals surface area contributed by atoms with Crippen molar-refractivity contribution in [2.45, 2.75) is 97.5 Å². The second-order valence-electron chi connectivity index (χ2n) is 9.53. The summed E-state index contributed by atoms with van der Waals surface area (Å²) >= 11 is 0. The Morgan fingerprint density at radius 2 is 1.35 bits per heavy atom. The van der Waals surface area contributed by atoms with E-state index < -0.39 is 5.97 Å². The Morgan fingerprint density at radius 1 is 0.757 bits per heavy atom. The SMILES string of the molecule is CCCCCCCCOc1ccc(/C=C/C(=O)Oc2ccc(C(=O)OC(C)CCCCCC)cc2)cc1. The van der Waals surface area contributed by atoms with Gasteiger partial charge in [-0.05, 0) is 74.2 Å².